The first-order chi connectivity index (χ1) is 12.9. The Balaban J connectivity index is 2.01. The van der Waals surface area contributed by atoms with E-state index in [9.17, 15) is 18.0 Å². The van der Waals surface area contributed by atoms with Crippen molar-refractivity contribution in [3.63, 3.8) is 0 Å². The zero-order valence-corrected chi connectivity index (χ0v) is 14.1. The molecule has 0 fully saturated rings. The second-order valence-electron chi connectivity index (χ2n) is 6.21. The molecular weight excluding hydrogens is 357 g/mol. The maximum absolute atomic E-state index is 13.2. The maximum atomic E-state index is 13.2. The van der Waals surface area contributed by atoms with E-state index in [1.165, 1.54) is 16.7 Å². The first-order valence-electron chi connectivity index (χ1n) is 8.42. The molecule has 0 atom stereocenters. The van der Waals surface area contributed by atoms with Crippen molar-refractivity contribution >= 4 is 5.95 Å². The predicted octanol–water partition coefficient (Wildman–Crippen LogP) is 3.81. The van der Waals surface area contributed by atoms with Gasteiger partial charge in [0.15, 0.2) is 0 Å². The van der Waals surface area contributed by atoms with Crippen molar-refractivity contribution in [2.75, 3.05) is 11.9 Å². The molecular formula is C19H15F3N4O. The van der Waals surface area contributed by atoms with Gasteiger partial charge in [0.2, 0.25) is 5.95 Å². The topological polar surface area (TPSA) is 59.8 Å². The number of hydrogen-bond acceptors (Lipinski definition) is 4. The van der Waals surface area contributed by atoms with Gasteiger partial charge in [-0.15, -0.1) is 0 Å². The van der Waals surface area contributed by atoms with Gasteiger partial charge in [0.1, 0.15) is 0 Å². The fourth-order valence-corrected chi connectivity index (χ4v) is 3.16. The van der Waals surface area contributed by atoms with Gasteiger partial charge in [0.25, 0.3) is 5.56 Å². The monoisotopic (exact) mass is 372 g/mol. The van der Waals surface area contributed by atoms with Crippen molar-refractivity contribution in [3.8, 4) is 22.4 Å². The predicted molar refractivity (Wildman–Crippen MR) is 95.3 cm³/mol. The molecule has 0 aliphatic carbocycles. The number of halogens is 3. The number of hydrogen-bond donors (Lipinski definition) is 1. The molecule has 3 aromatic rings. The number of alkyl halides is 3. The summed E-state index contributed by atoms with van der Waals surface area (Å²) >= 11 is 0. The van der Waals surface area contributed by atoms with Crippen molar-refractivity contribution in [3.05, 3.63) is 64.7 Å². The Morgan fingerprint density at radius 3 is 2.59 bits per heavy atom. The third-order valence-electron chi connectivity index (χ3n) is 4.44. The van der Waals surface area contributed by atoms with E-state index < -0.39 is 11.7 Å². The molecule has 1 aliphatic heterocycles. The lowest BCUT2D eigenvalue weighted by Gasteiger charge is -2.22. The third kappa shape index (κ3) is 3.18. The fourth-order valence-electron chi connectivity index (χ4n) is 3.16. The van der Waals surface area contributed by atoms with Gasteiger partial charge in [-0.25, -0.2) is 4.98 Å². The van der Waals surface area contributed by atoms with Crippen LogP contribution in [0, 0.1) is 0 Å². The molecule has 138 valence electrons. The summed E-state index contributed by atoms with van der Waals surface area (Å²) in [5.74, 6) is 0.425. The molecule has 2 aromatic heterocycles. The number of nitrogens with zero attached hydrogens (tertiary/aromatic N) is 3. The van der Waals surface area contributed by atoms with E-state index in [1.54, 1.807) is 24.5 Å². The second-order valence-corrected chi connectivity index (χ2v) is 6.21. The summed E-state index contributed by atoms with van der Waals surface area (Å²) in [6.45, 7) is 1.15. The minimum atomic E-state index is -4.49. The van der Waals surface area contributed by atoms with Gasteiger partial charge in [-0.05, 0) is 36.2 Å². The summed E-state index contributed by atoms with van der Waals surface area (Å²) < 4.78 is 41.0. The van der Waals surface area contributed by atoms with Crippen LogP contribution in [0.4, 0.5) is 19.1 Å². The Morgan fingerprint density at radius 2 is 1.85 bits per heavy atom. The molecule has 5 nitrogen and oxygen atoms in total. The van der Waals surface area contributed by atoms with Gasteiger partial charge in [-0.2, -0.15) is 13.2 Å². The molecule has 0 radical (unpaired) electrons. The van der Waals surface area contributed by atoms with E-state index in [2.05, 4.69) is 15.3 Å². The average Bonchev–Trinajstić information content (AvgIpc) is 2.68. The van der Waals surface area contributed by atoms with Crippen LogP contribution in [0.1, 0.15) is 12.0 Å². The third-order valence-corrected chi connectivity index (χ3v) is 4.44. The van der Waals surface area contributed by atoms with Gasteiger partial charge in [-0.1, -0.05) is 12.1 Å². The summed E-state index contributed by atoms with van der Waals surface area (Å²) in [6, 6.07) is 8.14. The molecule has 1 aliphatic rings. The van der Waals surface area contributed by atoms with Crippen LogP contribution in [-0.2, 0) is 12.7 Å². The zero-order chi connectivity index (χ0) is 19.0. The largest absolute Gasteiger partial charge is 0.416 e. The van der Waals surface area contributed by atoms with Gasteiger partial charge < -0.3 is 5.32 Å². The summed E-state index contributed by atoms with van der Waals surface area (Å²) in [6.07, 6.45) is -0.647. The fraction of sp³-hybridized carbons (Fsp3) is 0.211. The molecule has 0 bridgehead atoms. The van der Waals surface area contributed by atoms with E-state index in [0.717, 1.165) is 18.6 Å². The van der Waals surface area contributed by atoms with Crippen LogP contribution in [0.5, 0.6) is 0 Å². The molecule has 0 amide bonds. The standard InChI is InChI=1S/C19H15F3N4O/c20-19(21,22)14-4-1-3-13(11-14)15-16(12-5-8-23-9-6-12)25-18-24-7-2-10-26(18)17(15)27/h1,3-6,8-9,11H,2,7,10H2,(H,24,25). The number of anilines is 1. The first-order valence-corrected chi connectivity index (χ1v) is 8.42. The van der Waals surface area contributed by atoms with E-state index in [1.807, 2.05) is 0 Å². The van der Waals surface area contributed by atoms with Gasteiger partial charge in [0, 0.05) is 31.0 Å². The molecule has 0 saturated heterocycles. The highest BCUT2D eigenvalue weighted by molar-refractivity contribution is 5.81. The van der Waals surface area contributed by atoms with Crippen LogP contribution in [0.3, 0.4) is 0 Å². The van der Waals surface area contributed by atoms with Crippen LogP contribution in [0.25, 0.3) is 22.4 Å². The van der Waals surface area contributed by atoms with Crippen molar-refractivity contribution in [2.24, 2.45) is 0 Å². The van der Waals surface area contributed by atoms with Crippen LogP contribution in [0.15, 0.2) is 53.6 Å². The Morgan fingerprint density at radius 1 is 1.07 bits per heavy atom. The van der Waals surface area contributed by atoms with Crippen LogP contribution in [0.2, 0.25) is 0 Å². The summed E-state index contributed by atoms with van der Waals surface area (Å²) in [4.78, 5) is 21.7. The highest BCUT2D eigenvalue weighted by Crippen LogP contribution is 2.34. The van der Waals surface area contributed by atoms with Gasteiger partial charge in [0.05, 0.1) is 16.8 Å². The lowest BCUT2D eigenvalue weighted by atomic mass is 9.99. The number of aromatic nitrogens is 3. The van der Waals surface area contributed by atoms with Gasteiger partial charge in [-0.3, -0.25) is 14.3 Å². The van der Waals surface area contributed by atoms with E-state index in [4.69, 9.17) is 0 Å². The molecule has 1 aromatic carbocycles. The molecule has 0 unspecified atom stereocenters. The van der Waals surface area contributed by atoms with E-state index in [-0.39, 0.29) is 16.7 Å². The number of pyridine rings is 1. The van der Waals surface area contributed by atoms with Gasteiger partial charge >= 0.3 is 6.18 Å². The molecule has 0 saturated carbocycles. The molecule has 27 heavy (non-hydrogen) atoms. The zero-order valence-electron chi connectivity index (χ0n) is 14.1. The minimum absolute atomic E-state index is 0.153. The van der Waals surface area contributed by atoms with Crippen molar-refractivity contribution in [1.29, 1.82) is 0 Å². The molecule has 4 rings (SSSR count). The smallest absolute Gasteiger partial charge is 0.355 e. The Hall–Kier alpha value is -3.16. The Bertz CT molecular complexity index is 1050. The highest BCUT2D eigenvalue weighted by Gasteiger charge is 2.31. The summed E-state index contributed by atoms with van der Waals surface area (Å²) in [5, 5.41) is 3.08. The van der Waals surface area contributed by atoms with Crippen LogP contribution >= 0.6 is 0 Å². The number of fused-ring (bicyclic) bond motifs is 1. The van der Waals surface area contributed by atoms with E-state index >= 15 is 0 Å². The van der Waals surface area contributed by atoms with Crippen molar-refractivity contribution in [2.45, 2.75) is 19.1 Å². The summed E-state index contributed by atoms with van der Waals surface area (Å²) in [7, 11) is 0. The molecule has 8 heteroatoms. The number of rotatable bonds is 2. The second kappa shape index (κ2) is 6.53. The van der Waals surface area contributed by atoms with Crippen molar-refractivity contribution in [1.82, 2.24) is 14.5 Å². The quantitative estimate of drug-likeness (QED) is 0.743. The molecule has 3 heterocycles. The lowest BCUT2D eigenvalue weighted by molar-refractivity contribution is -0.137. The van der Waals surface area contributed by atoms with Crippen LogP contribution in [-0.4, -0.2) is 21.1 Å². The average molecular weight is 372 g/mol. The minimum Gasteiger partial charge on any atom is -0.355 e. The first kappa shape index (κ1) is 17.3. The Labute approximate surface area is 152 Å². The van der Waals surface area contributed by atoms with Crippen molar-refractivity contribution < 1.29 is 13.2 Å². The van der Waals surface area contributed by atoms with E-state index in [0.29, 0.717) is 30.3 Å². The SMILES string of the molecule is O=c1c(-c2cccc(C(F)(F)F)c2)c(-c2ccncc2)nc2n1CCCN2. The number of benzene rings is 1. The Kier molecular flexibility index (Phi) is 4.18. The van der Waals surface area contributed by atoms with Crippen LogP contribution < -0.4 is 10.9 Å². The molecule has 0 spiro atoms. The normalized spacial score (nSPS) is 13.7. The maximum Gasteiger partial charge on any atom is 0.416 e. The highest BCUT2D eigenvalue weighted by atomic mass is 19.4. The summed E-state index contributed by atoms with van der Waals surface area (Å²) in [5.41, 5.74) is 0.127. The lowest BCUT2D eigenvalue weighted by Crippen LogP contribution is -2.31. The molecule has 1 N–H and O–H groups in total. The number of nitrogens with one attached hydrogen (secondary N) is 1.